The standard InChI is InChI=1S/C11H5Cl3N4O3/c12-6-1-5(2-7(10(6)14)18(20)21)11(19)17-9-3-8(13)15-4-16-9/h1-4H,(H,15,16,17,19). The highest BCUT2D eigenvalue weighted by Gasteiger charge is 2.20. The Morgan fingerprint density at radius 3 is 2.52 bits per heavy atom. The van der Waals surface area contributed by atoms with Crippen LogP contribution in [0.4, 0.5) is 11.5 Å². The van der Waals surface area contributed by atoms with Crippen molar-refractivity contribution >= 4 is 52.2 Å². The summed E-state index contributed by atoms with van der Waals surface area (Å²) in [6.07, 6.45) is 1.16. The molecule has 1 N–H and O–H groups in total. The van der Waals surface area contributed by atoms with Crippen molar-refractivity contribution in [2.24, 2.45) is 0 Å². The van der Waals surface area contributed by atoms with E-state index in [2.05, 4.69) is 15.3 Å². The number of carbonyl (C=O) groups excluding carboxylic acids is 1. The normalized spacial score (nSPS) is 10.2. The van der Waals surface area contributed by atoms with Crippen molar-refractivity contribution in [2.45, 2.75) is 0 Å². The Labute approximate surface area is 133 Å². The largest absolute Gasteiger partial charge is 0.306 e. The second-order valence-corrected chi connectivity index (χ2v) is 4.90. The molecular formula is C11H5Cl3N4O3. The molecule has 1 aromatic carbocycles. The van der Waals surface area contributed by atoms with Crippen molar-refractivity contribution in [1.82, 2.24) is 9.97 Å². The molecule has 21 heavy (non-hydrogen) atoms. The lowest BCUT2D eigenvalue weighted by molar-refractivity contribution is -0.384. The zero-order valence-corrected chi connectivity index (χ0v) is 12.3. The summed E-state index contributed by atoms with van der Waals surface area (Å²) < 4.78 is 0. The predicted molar refractivity (Wildman–Crippen MR) is 78.1 cm³/mol. The van der Waals surface area contributed by atoms with Gasteiger partial charge in [0.25, 0.3) is 11.6 Å². The lowest BCUT2D eigenvalue weighted by atomic mass is 10.2. The number of nitrogens with zero attached hydrogens (tertiary/aromatic N) is 3. The fourth-order valence-corrected chi connectivity index (χ4v) is 1.97. The van der Waals surface area contributed by atoms with Crippen molar-refractivity contribution < 1.29 is 9.72 Å². The maximum absolute atomic E-state index is 12.0. The first kappa shape index (κ1) is 15.4. The first-order valence-electron chi connectivity index (χ1n) is 5.31. The van der Waals surface area contributed by atoms with Gasteiger partial charge in [-0.1, -0.05) is 34.8 Å². The van der Waals surface area contributed by atoms with Crippen molar-refractivity contribution in [3.63, 3.8) is 0 Å². The van der Waals surface area contributed by atoms with Gasteiger partial charge in [-0.3, -0.25) is 14.9 Å². The third-order valence-corrected chi connectivity index (χ3v) is 3.34. The van der Waals surface area contributed by atoms with Crippen LogP contribution in [0.15, 0.2) is 24.5 Å². The fraction of sp³-hybridized carbons (Fsp3) is 0. The summed E-state index contributed by atoms with van der Waals surface area (Å²) in [5, 5.41) is 13.1. The second-order valence-electron chi connectivity index (χ2n) is 3.73. The van der Waals surface area contributed by atoms with Crippen LogP contribution in [0.1, 0.15) is 10.4 Å². The number of carbonyl (C=O) groups is 1. The minimum Gasteiger partial charge on any atom is -0.306 e. The first-order chi connectivity index (χ1) is 9.88. The molecule has 1 aromatic heterocycles. The fourth-order valence-electron chi connectivity index (χ4n) is 1.43. The van der Waals surface area contributed by atoms with Crippen LogP contribution in [0.2, 0.25) is 15.2 Å². The highest BCUT2D eigenvalue weighted by molar-refractivity contribution is 6.43. The number of amides is 1. The van der Waals surface area contributed by atoms with Gasteiger partial charge in [-0.2, -0.15) is 0 Å². The van der Waals surface area contributed by atoms with E-state index < -0.39 is 16.5 Å². The molecule has 10 heteroatoms. The summed E-state index contributed by atoms with van der Waals surface area (Å²) in [5.74, 6) is -0.500. The Balaban J connectivity index is 2.33. The van der Waals surface area contributed by atoms with Gasteiger partial charge in [0.1, 0.15) is 22.3 Å². The van der Waals surface area contributed by atoms with Crippen LogP contribution in [-0.4, -0.2) is 20.8 Å². The van der Waals surface area contributed by atoms with E-state index in [9.17, 15) is 14.9 Å². The number of benzene rings is 1. The number of rotatable bonds is 3. The molecule has 0 spiro atoms. The number of nitrogens with one attached hydrogen (secondary N) is 1. The molecule has 0 atom stereocenters. The van der Waals surface area contributed by atoms with Gasteiger partial charge in [0.2, 0.25) is 0 Å². The molecule has 0 aliphatic heterocycles. The van der Waals surface area contributed by atoms with E-state index in [-0.39, 0.29) is 26.6 Å². The SMILES string of the molecule is O=C(Nc1cc(Cl)ncn1)c1cc(Cl)c(Cl)c([N+](=O)[O-])c1. The Kier molecular flexibility index (Phi) is 4.56. The molecule has 7 nitrogen and oxygen atoms in total. The summed E-state index contributed by atoms with van der Waals surface area (Å²) in [7, 11) is 0. The number of halogens is 3. The first-order valence-corrected chi connectivity index (χ1v) is 6.44. The molecular weight excluding hydrogens is 343 g/mol. The number of nitro groups is 1. The predicted octanol–water partition coefficient (Wildman–Crippen LogP) is 3.60. The summed E-state index contributed by atoms with van der Waals surface area (Å²) in [4.78, 5) is 29.6. The van der Waals surface area contributed by atoms with Gasteiger partial charge in [0, 0.05) is 17.7 Å². The molecule has 1 amide bonds. The van der Waals surface area contributed by atoms with E-state index in [1.807, 2.05) is 0 Å². The smallest absolute Gasteiger partial charge is 0.290 e. The number of hydrogen-bond donors (Lipinski definition) is 1. The molecule has 0 aliphatic carbocycles. The molecule has 1 heterocycles. The lowest BCUT2D eigenvalue weighted by Crippen LogP contribution is -2.13. The zero-order valence-electron chi connectivity index (χ0n) is 10.0. The van der Waals surface area contributed by atoms with Gasteiger partial charge in [0.15, 0.2) is 0 Å². The number of aromatic nitrogens is 2. The lowest BCUT2D eigenvalue weighted by Gasteiger charge is -2.06. The Morgan fingerprint density at radius 1 is 1.19 bits per heavy atom. The number of anilines is 1. The minimum absolute atomic E-state index is 0.0363. The number of hydrogen-bond acceptors (Lipinski definition) is 5. The van der Waals surface area contributed by atoms with Crippen LogP contribution >= 0.6 is 34.8 Å². The van der Waals surface area contributed by atoms with Gasteiger partial charge < -0.3 is 5.32 Å². The molecule has 0 saturated heterocycles. The van der Waals surface area contributed by atoms with Gasteiger partial charge in [0.05, 0.1) is 9.95 Å². The van der Waals surface area contributed by atoms with Crippen LogP contribution in [-0.2, 0) is 0 Å². The topological polar surface area (TPSA) is 98.0 Å². The van der Waals surface area contributed by atoms with Crippen LogP contribution in [0.3, 0.4) is 0 Å². The number of nitro benzene ring substituents is 1. The molecule has 2 aromatic rings. The average Bonchev–Trinajstić information content (AvgIpc) is 2.41. The molecule has 0 aliphatic rings. The summed E-state index contributed by atoms with van der Waals surface area (Å²) >= 11 is 17.1. The van der Waals surface area contributed by atoms with Crippen molar-refractivity contribution in [3.8, 4) is 0 Å². The van der Waals surface area contributed by atoms with Crippen molar-refractivity contribution in [2.75, 3.05) is 5.32 Å². The summed E-state index contributed by atoms with van der Waals surface area (Å²) in [6.45, 7) is 0. The van der Waals surface area contributed by atoms with E-state index in [1.54, 1.807) is 0 Å². The van der Waals surface area contributed by atoms with E-state index in [4.69, 9.17) is 34.8 Å². The van der Waals surface area contributed by atoms with Gasteiger partial charge >= 0.3 is 0 Å². The molecule has 2 rings (SSSR count). The van der Waals surface area contributed by atoms with E-state index in [0.29, 0.717) is 0 Å². The molecule has 0 fully saturated rings. The zero-order chi connectivity index (χ0) is 15.6. The maximum atomic E-state index is 12.0. The van der Waals surface area contributed by atoms with Gasteiger partial charge in [-0.25, -0.2) is 9.97 Å². The Morgan fingerprint density at radius 2 is 1.90 bits per heavy atom. The molecule has 0 saturated carbocycles. The van der Waals surface area contributed by atoms with Crippen LogP contribution in [0, 0.1) is 10.1 Å². The molecule has 0 unspecified atom stereocenters. The third-order valence-electron chi connectivity index (χ3n) is 2.34. The molecule has 0 radical (unpaired) electrons. The van der Waals surface area contributed by atoms with Crippen LogP contribution in [0.5, 0.6) is 0 Å². The molecule has 108 valence electrons. The van der Waals surface area contributed by atoms with E-state index in [1.165, 1.54) is 12.1 Å². The van der Waals surface area contributed by atoms with Gasteiger partial charge in [-0.05, 0) is 6.07 Å². The second kappa shape index (κ2) is 6.21. The van der Waals surface area contributed by atoms with Crippen LogP contribution < -0.4 is 5.32 Å². The van der Waals surface area contributed by atoms with E-state index in [0.717, 1.165) is 12.4 Å². The minimum atomic E-state index is -0.730. The average molecular weight is 348 g/mol. The van der Waals surface area contributed by atoms with Crippen molar-refractivity contribution in [3.05, 3.63) is 55.4 Å². The van der Waals surface area contributed by atoms with E-state index >= 15 is 0 Å². The highest BCUT2D eigenvalue weighted by atomic mass is 35.5. The maximum Gasteiger partial charge on any atom is 0.290 e. The quantitative estimate of drug-likeness (QED) is 0.519. The highest BCUT2D eigenvalue weighted by Crippen LogP contribution is 2.33. The third kappa shape index (κ3) is 3.57. The summed E-state index contributed by atoms with van der Waals surface area (Å²) in [5.41, 5.74) is -0.499. The Bertz CT molecular complexity index is 739. The monoisotopic (exact) mass is 346 g/mol. The van der Waals surface area contributed by atoms with Crippen LogP contribution in [0.25, 0.3) is 0 Å². The van der Waals surface area contributed by atoms with Gasteiger partial charge in [-0.15, -0.1) is 0 Å². The molecule has 0 bridgehead atoms. The summed E-state index contributed by atoms with van der Waals surface area (Å²) in [6, 6.07) is 3.56. The van der Waals surface area contributed by atoms with Crippen molar-refractivity contribution in [1.29, 1.82) is 0 Å². The Hall–Kier alpha value is -1.96.